The third-order valence-corrected chi connectivity index (χ3v) is 2.55. The van der Waals surface area contributed by atoms with Crippen molar-refractivity contribution in [1.82, 2.24) is 0 Å². The maximum absolute atomic E-state index is 11.3. The Labute approximate surface area is 94.5 Å². The average molecular weight is 297 g/mol. The van der Waals surface area contributed by atoms with Gasteiger partial charge in [-0.3, -0.25) is 9.59 Å². The van der Waals surface area contributed by atoms with E-state index in [0.717, 1.165) is 8.47 Å². The van der Waals surface area contributed by atoms with Crippen molar-refractivity contribution in [3.8, 4) is 0 Å². The van der Waals surface area contributed by atoms with E-state index in [1.807, 2.05) is 12.1 Å². The monoisotopic (exact) mass is 297 g/mol. The maximum Gasteiger partial charge on any atom is 0.258 e. The van der Waals surface area contributed by atoms with Gasteiger partial charge in [0.15, 0.2) is 0 Å². The minimum absolute atomic E-state index is 0.281. The number of benzene rings is 1. The van der Waals surface area contributed by atoms with Crippen LogP contribution in [0.15, 0.2) is 36.4 Å². The molecule has 1 heterocycles. The van der Waals surface area contributed by atoms with Crippen molar-refractivity contribution in [2.45, 2.75) is 0 Å². The number of hydrogen-bond acceptors (Lipinski definition) is 2. The predicted molar refractivity (Wildman–Crippen MR) is 60.8 cm³/mol. The van der Waals surface area contributed by atoms with Crippen LogP contribution in [0.5, 0.6) is 0 Å². The number of carbonyl (C=O) groups excluding carboxylic acids is 2. The van der Waals surface area contributed by atoms with E-state index in [-0.39, 0.29) is 11.8 Å². The van der Waals surface area contributed by atoms with Gasteiger partial charge in [-0.05, 0) is 40.8 Å². The molecule has 0 unspecified atom stereocenters. The highest BCUT2D eigenvalue weighted by atomic mass is 125. The molecule has 1 aliphatic heterocycles. The Bertz CT molecular complexity index is 422. The first-order valence-electron chi connectivity index (χ1n) is 4.00. The molecule has 0 saturated carbocycles. The van der Waals surface area contributed by atoms with Crippen LogP contribution in [0.4, 0.5) is 5.69 Å². The van der Waals surface area contributed by atoms with Crippen LogP contribution in [0.3, 0.4) is 0 Å². The normalized spacial score (nSPS) is 15.4. The summed E-state index contributed by atoms with van der Waals surface area (Å²) in [5.74, 6) is -0.561. The SMILES string of the molecule is O=C1C=CC(=O)N1c1cccc([125I])c1. The second-order valence-corrected chi connectivity index (χ2v) is 4.07. The minimum atomic E-state index is -0.281. The van der Waals surface area contributed by atoms with Crippen molar-refractivity contribution >= 4 is 40.1 Å². The fraction of sp³-hybridized carbons (Fsp3) is 0. The molecule has 0 atom stereocenters. The van der Waals surface area contributed by atoms with Crippen LogP contribution < -0.4 is 4.90 Å². The summed E-state index contributed by atoms with van der Waals surface area (Å²) in [5, 5.41) is 0. The van der Waals surface area contributed by atoms with Crippen LogP contribution in [0.1, 0.15) is 0 Å². The third-order valence-electron chi connectivity index (χ3n) is 1.88. The smallest absolute Gasteiger partial charge is 0.258 e. The van der Waals surface area contributed by atoms with Crippen LogP contribution in [0, 0.1) is 3.57 Å². The van der Waals surface area contributed by atoms with Gasteiger partial charge in [0.2, 0.25) is 0 Å². The lowest BCUT2D eigenvalue weighted by Gasteiger charge is -2.13. The zero-order valence-electron chi connectivity index (χ0n) is 7.11. The van der Waals surface area contributed by atoms with E-state index >= 15 is 0 Å². The number of nitrogens with zero attached hydrogens (tertiary/aromatic N) is 1. The quantitative estimate of drug-likeness (QED) is 0.584. The lowest BCUT2D eigenvalue weighted by atomic mass is 10.3. The second-order valence-electron chi connectivity index (χ2n) is 2.83. The van der Waals surface area contributed by atoms with E-state index in [1.54, 1.807) is 12.1 Å². The molecule has 0 spiro atoms. The molecule has 0 aromatic heterocycles. The molecular weight excluding hydrogens is 291 g/mol. The first-order valence-corrected chi connectivity index (χ1v) is 5.08. The number of rotatable bonds is 1. The third kappa shape index (κ3) is 1.57. The van der Waals surface area contributed by atoms with Gasteiger partial charge in [0.05, 0.1) is 5.69 Å². The Morgan fingerprint density at radius 2 is 1.71 bits per heavy atom. The summed E-state index contributed by atoms with van der Waals surface area (Å²) < 4.78 is 0.993. The summed E-state index contributed by atoms with van der Waals surface area (Å²) in [6, 6.07) is 7.26. The summed E-state index contributed by atoms with van der Waals surface area (Å²) in [6.45, 7) is 0. The maximum atomic E-state index is 11.3. The lowest BCUT2D eigenvalue weighted by Crippen LogP contribution is -2.29. The molecule has 1 aromatic carbocycles. The van der Waals surface area contributed by atoms with Crippen LogP contribution in [0.25, 0.3) is 0 Å². The van der Waals surface area contributed by atoms with Crippen LogP contribution in [0.2, 0.25) is 0 Å². The number of halogens is 1. The molecular formula is C10H6INO2. The van der Waals surface area contributed by atoms with Gasteiger partial charge in [0.1, 0.15) is 0 Å². The molecule has 4 heteroatoms. The molecule has 14 heavy (non-hydrogen) atoms. The van der Waals surface area contributed by atoms with Gasteiger partial charge in [0.25, 0.3) is 11.8 Å². The van der Waals surface area contributed by atoms with Gasteiger partial charge in [0, 0.05) is 15.7 Å². The Hall–Kier alpha value is -1.17. The number of hydrogen-bond donors (Lipinski definition) is 0. The molecule has 70 valence electrons. The Kier molecular flexibility index (Phi) is 2.37. The number of amides is 2. The van der Waals surface area contributed by atoms with E-state index in [2.05, 4.69) is 22.6 Å². The van der Waals surface area contributed by atoms with Crippen LogP contribution in [-0.2, 0) is 9.59 Å². The predicted octanol–water partition coefficient (Wildman–Crippen LogP) is 1.72. The van der Waals surface area contributed by atoms with Crippen LogP contribution >= 0.6 is 22.6 Å². The van der Waals surface area contributed by atoms with Crippen molar-refractivity contribution in [3.05, 3.63) is 40.0 Å². The molecule has 0 fully saturated rings. The Morgan fingerprint density at radius 3 is 2.29 bits per heavy atom. The highest BCUT2D eigenvalue weighted by Gasteiger charge is 2.24. The van der Waals surface area contributed by atoms with E-state index in [4.69, 9.17) is 0 Å². The molecule has 3 nitrogen and oxygen atoms in total. The summed E-state index contributed by atoms with van der Waals surface area (Å²) in [4.78, 5) is 23.8. The van der Waals surface area contributed by atoms with E-state index in [1.165, 1.54) is 12.2 Å². The summed E-state index contributed by atoms with van der Waals surface area (Å²) in [5.41, 5.74) is 0.622. The highest BCUT2D eigenvalue weighted by Crippen LogP contribution is 2.20. The standard InChI is InChI=1S/C10H6INO2/c11-7-2-1-3-8(6-7)12-9(13)4-5-10(12)14/h1-6H/i11-2. The number of anilines is 1. The van der Waals surface area contributed by atoms with E-state index < -0.39 is 0 Å². The van der Waals surface area contributed by atoms with Gasteiger partial charge in [-0.15, -0.1) is 0 Å². The van der Waals surface area contributed by atoms with Gasteiger partial charge in [-0.25, -0.2) is 4.90 Å². The van der Waals surface area contributed by atoms with Gasteiger partial charge >= 0.3 is 0 Å². The summed E-state index contributed by atoms with van der Waals surface area (Å²) >= 11 is 2.14. The Morgan fingerprint density at radius 1 is 1.07 bits per heavy atom. The second kappa shape index (κ2) is 3.53. The van der Waals surface area contributed by atoms with E-state index in [9.17, 15) is 9.59 Å². The molecule has 1 aromatic rings. The fourth-order valence-electron chi connectivity index (χ4n) is 1.27. The summed E-state index contributed by atoms with van der Waals surface area (Å²) in [7, 11) is 0. The van der Waals surface area contributed by atoms with Crippen molar-refractivity contribution in [1.29, 1.82) is 0 Å². The molecule has 2 rings (SSSR count). The van der Waals surface area contributed by atoms with Crippen molar-refractivity contribution in [2.24, 2.45) is 0 Å². The molecule has 2 amide bonds. The average Bonchev–Trinajstić information content (AvgIpc) is 2.46. The largest absolute Gasteiger partial charge is 0.269 e. The lowest BCUT2D eigenvalue weighted by molar-refractivity contribution is -0.119. The number of imide groups is 1. The molecule has 0 bridgehead atoms. The van der Waals surface area contributed by atoms with Crippen molar-refractivity contribution < 1.29 is 9.59 Å². The molecule has 0 saturated heterocycles. The van der Waals surface area contributed by atoms with Gasteiger partial charge in [-0.1, -0.05) is 6.07 Å². The molecule has 0 N–H and O–H groups in total. The van der Waals surface area contributed by atoms with Crippen LogP contribution in [-0.4, -0.2) is 11.8 Å². The molecule has 0 radical (unpaired) electrons. The Balaban J connectivity index is 2.41. The zero-order valence-corrected chi connectivity index (χ0v) is 9.26. The highest BCUT2D eigenvalue weighted by molar-refractivity contribution is 14.1. The summed E-state index contributed by atoms with van der Waals surface area (Å²) in [6.07, 6.45) is 2.56. The minimum Gasteiger partial charge on any atom is -0.269 e. The van der Waals surface area contributed by atoms with Crippen molar-refractivity contribution in [2.75, 3.05) is 4.90 Å². The molecule has 0 aliphatic carbocycles. The number of carbonyl (C=O) groups is 2. The molecule has 1 aliphatic rings. The van der Waals surface area contributed by atoms with Gasteiger partial charge in [-0.2, -0.15) is 0 Å². The topological polar surface area (TPSA) is 37.4 Å². The van der Waals surface area contributed by atoms with Crippen molar-refractivity contribution in [3.63, 3.8) is 0 Å². The fourth-order valence-corrected chi connectivity index (χ4v) is 1.80. The first kappa shape index (κ1) is 9.39. The first-order chi connectivity index (χ1) is 6.68. The van der Waals surface area contributed by atoms with E-state index in [0.29, 0.717) is 5.69 Å². The van der Waals surface area contributed by atoms with Gasteiger partial charge < -0.3 is 0 Å². The zero-order chi connectivity index (χ0) is 10.1.